The van der Waals surface area contributed by atoms with Crippen LogP contribution < -0.4 is 11.1 Å². The van der Waals surface area contributed by atoms with Gasteiger partial charge in [0.15, 0.2) is 11.6 Å². The van der Waals surface area contributed by atoms with Crippen LogP contribution >= 0.6 is 0 Å². The van der Waals surface area contributed by atoms with E-state index in [1.54, 1.807) is 37.4 Å². The second-order valence-electron chi connectivity index (χ2n) is 6.46. The van der Waals surface area contributed by atoms with Gasteiger partial charge >= 0.3 is 0 Å². The number of nitrogen functional groups attached to an aromatic ring is 1. The van der Waals surface area contributed by atoms with Crippen molar-refractivity contribution in [2.45, 2.75) is 6.92 Å². The number of ketones is 2. The number of nitrogens with two attached hydrogens (primary N) is 1. The smallest absolute Gasteiger partial charge is 0.196 e. The zero-order valence-electron chi connectivity index (χ0n) is 14.6. The van der Waals surface area contributed by atoms with Crippen LogP contribution in [0, 0.1) is 6.92 Å². The van der Waals surface area contributed by atoms with Crippen LogP contribution in [-0.2, 0) is 0 Å². The number of carbonyl (C=O) groups is 2. The Morgan fingerprint density at radius 3 is 1.96 bits per heavy atom. The lowest BCUT2D eigenvalue weighted by molar-refractivity contribution is 0.0980. The minimum atomic E-state index is -0.180. The Labute approximate surface area is 151 Å². The maximum absolute atomic E-state index is 13.3. The van der Waals surface area contributed by atoms with Gasteiger partial charge in [-0.15, -0.1) is 0 Å². The van der Waals surface area contributed by atoms with Crippen molar-refractivity contribution in [2.75, 3.05) is 18.1 Å². The van der Waals surface area contributed by atoms with Crippen molar-refractivity contribution in [1.82, 2.24) is 0 Å². The number of fused-ring (bicyclic) bond motifs is 2. The number of hydrogen-bond acceptors (Lipinski definition) is 4. The maximum atomic E-state index is 13.3. The lowest BCUT2D eigenvalue weighted by Crippen LogP contribution is -2.24. The van der Waals surface area contributed by atoms with Crippen LogP contribution in [-0.4, -0.2) is 18.6 Å². The van der Waals surface area contributed by atoms with Crippen molar-refractivity contribution in [2.24, 2.45) is 0 Å². The van der Waals surface area contributed by atoms with E-state index in [0.29, 0.717) is 39.2 Å². The zero-order valence-corrected chi connectivity index (χ0v) is 14.6. The zero-order chi connectivity index (χ0) is 18.4. The van der Waals surface area contributed by atoms with E-state index in [4.69, 9.17) is 5.73 Å². The van der Waals surface area contributed by atoms with Gasteiger partial charge in [-0.25, -0.2) is 0 Å². The highest BCUT2D eigenvalue weighted by atomic mass is 16.1. The number of hydrogen-bond donors (Lipinski definition) is 2. The Morgan fingerprint density at radius 1 is 0.808 bits per heavy atom. The second kappa shape index (κ2) is 5.85. The number of aryl methyl sites for hydroxylation is 1. The molecule has 0 aromatic heterocycles. The molecule has 0 spiro atoms. The van der Waals surface area contributed by atoms with Crippen molar-refractivity contribution in [3.63, 3.8) is 0 Å². The fourth-order valence-corrected chi connectivity index (χ4v) is 3.55. The molecule has 3 N–H and O–H groups in total. The third kappa shape index (κ3) is 2.23. The molecule has 0 atom stereocenters. The summed E-state index contributed by atoms with van der Waals surface area (Å²) in [6, 6.07) is 16.6. The van der Waals surface area contributed by atoms with Gasteiger partial charge in [0, 0.05) is 23.7 Å². The first-order valence-corrected chi connectivity index (χ1v) is 8.42. The molecule has 3 aromatic carbocycles. The number of benzene rings is 3. The Bertz CT molecular complexity index is 1070. The number of anilines is 2. The first-order valence-electron chi connectivity index (χ1n) is 8.42. The van der Waals surface area contributed by atoms with E-state index in [-0.39, 0.29) is 11.6 Å². The average Bonchev–Trinajstić information content (AvgIpc) is 2.66. The van der Waals surface area contributed by atoms with Gasteiger partial charge in [-0.3, -0.25) is 9.59 Å². The van der Waals surface area contributed by atoms with Gasteiger partial charge in [-0.2, -0.15) is 0 Å². The van der Waals surface area contributed by atoms with Crippen LogP contribution in [0.4, 0.5) is 11.4 Å². The summed E-state index contributed by atoms with van der Waals surface area (Å²) in [5.41, 5.74) is 11.5. The molecule has 26 heavy (non-hydrogen) atoms. The average molecular weight is 342 g/mol. The molecule has 4 nitrogen and oxygen atoms in total. The van der Waals surface area contributed by atoms with E-state index >= 15 is 0 Å². The van der Waals surface area contributed by atoms with Crippen molar-refractivity contribution in [3.8, 4) is 11.1 Å². The van der Waals surface area contributed by atoms with E-state index in [9.17, 15) is 9.59 Å². The molecule has 0 bridgehead atoms. The van der Waals surface area contributed by atoms with E-state index in [1.165, 1.54) is 0 Å². The van der Waals surface area contributed by atoms with E-state index in [1.807, 2.05) is 31.2 Å². The Hall–Kier alpha value is -3.40. The third-order valence-electron chi connectivity index (χ3n) is 4.84. The normalized spacial score (nSPS) is 12.5. The van der Waals surface area contributed by atoms with Gasteiger partial charge in [-0.1, -0.05) is 54.1 Å². The fraction of sp³-hybridized carbons (Fsp3) is 0.0909. The van der Waals surface area contributed by atoms with Crippen LogP contribution in [0.25, 0.3) is 11.1 Å². The van der Waals surface area contributed by atoms with Gasteiger partial charge in [0.25, 0.3) is 0 Å². The van der Waals surface area contributed by atoms with E-state index < -0.39 is 0 Å². The minimum Gasteiger partial charge on any atom is -0.397 e. The van der Waals surface area contributed by atoms with Gasteiger partial charge in [0.05, 0.1) is 16.9 Å². The second-order valence-corrected chi connectivity index (χ2v) is 6.46. The quantitative estimate of drug-likeness (QED) is 0.539. The summed E-state index contributed by atoms with van der Waals surface area (Å²) in [5, 5.41) is 2.99. The molecular weight excluding hydrogens is 324 g/mol. The first kappa shape index (κ1) is 16.1. The fourth-order valence-electron chi connectivity index (χ4n) is 3.55. The molecule has 1 aliphatic carbocycles. The van der Waals surface area contributed by atoms with Crippen LogP contribution in [0.2, 0.25) is 0 Å². The lowest BCUT2D eigenvalue weighted by Gasteiger charge is -2.24. The molecule has 0 radical (unpaired) electrons. The molecular formula is C22H18N2O2. The predicted molar refractivity (Wildman–Crippen MR) is 104 cm³/mol. The van der Waals surface area contributed by atoms with Crippen molar-refractivity contribution in [3.05, 3.63) is 82.4 Å². The molecule has 1 aliphatic rings. The molecule has 3 aromatic rings. The van der Waals surface area contributed by atoms with Crippen molar-refractivity contribution < 1.29 is 9.59 Å². The number of rotatable bonds is 2. The highest BCUT2D eigenvalue weighted by molar-refractivity contribution is 6.32. The van der Waals surface area contributed by atoms with Crippen molar-refractivity contribution >= 4 is 22.9 Å². The molecule has 4 heteroatoms. The standard InChI is InChI=1S/C22H18N2O2/c1-12-7-9-13(10-8-12)16-11-17(23)20(24-2)19-18(16)21(25)14-5-3-4-6-15(14)22(19)26/h3-11,24H,23H2,1-2H3. The summed E-state index contributed by atoms with van der Waals surface area (Å²) < 4.78 is 0. The molecule has 128 valence electrons. The molecule has 0 aliphatic heterocycles. The maximum Gasteiger partial charge on any atom is 0.196 e. The van der Waals surface area contributed by atoms with Crippen LogP contribution in [0.3, 0.4) is 0 Å². The van der Waals surface area contributed by atoms with Crippen LogP contribution in [0.15, 0.2) is 54.6 Å². The summed E-state index contributed by atoms with van der Waals surface area (Å²) in [6.45, 7) is 2.00. The van der Waals surface area contributed by atoms with Gasteiger partial charge in [-0.05, 0) is 24.1 Å². The number of nitrogens with one attached hydrogen (secondary N) is 1. The van der Waals surface area contributed by atoms with E-state index in [2.05, 4.69) is 5.32 Å². The molecule has 0 unspecified atom stereocenters. The SMILES string of the molecule is CNc1c(N)cc(-c2ccc(C)cc2)c2c1C(=O)c1ccccc1C2=O. The predicted octanol–water partition coefficient (Wildman–Crippen LogP) is 4.06. The molecule has 4 rings (SSSR count). The van der Waals surface area contributed by atoms with E-state index in [0.717, 1.165) is 11.1 Å². The molecule has 0 amide bonds. The summed E-state index contributed by atoms with van der Waals surface area (Å²) in [5.74, 6) is -0.331. The molecule has 0 saturated carbocycles. The number of carbonyl (C=O) groups excluding carboxylic acids is 2. The summed E-state index contributed by atoms with van der Waals surface area (Å²) in [6.07, 6.45) is 0. The largest absolute Gasteiger partial charge is 0.397 e. The summed E-state index contributed by atoms with van der Waals surface area (Å²) in [4.78, 5) is 26.4. The van der Waals surface area contributed by atoms with Crippen LogP contribution in [0.5, 0.6) is 0 Å². The molecule has 0 saturated heterocycles. The topological polar surface area (TPSA) is 72.2 Å². The lowest BCUT2D eigenvalue weighted by atomic mass is 9.79. The minimum absolute atomic E-state index is 0.151. The molecule has 0 fully saturated rings. The third-order valence-corrected chi connectivity index (χ3v) is 4.84. The highest BCUT2D eigenvalue weighted by Gasteiger charge is 2.34. The Morgan fingerprint density at radius 2 is 1.38 bits per heavy atom. The summed E-state index contributed by atoms with van der Waals surface area (Å²) >= 11 is 0. The van der Waals surface area contributed by atoms with Gasteiger partial charge < -0.3 is 11.1 Å². The van der Waals surface area contributed by atoms with Crippen LogP contribution in [0.1, 0.15) is 37.4 Å². The van der Waals surface area contributed by atoms with Gasteiger partial charge in [0.2, 0.25) is 0 Å². The van der Waals surface area contributed by atoms with Crippen molar-refractivity contribution in [1.29, 1.82) is 0 Å². The highest BCUT2D eigenvalue weighted by Crippen LogP contribution is 2.41. The Balaban J connectivity index is 2.09. The molecule has 0 heterocycles. The monoisotopic (exact) mass is 342 g/mol. The van der Waals surface area contributed by atoms with Gasteiger partial charge in [0.1, 0.15) is 0 Å². The summed E-state index contributed by atoms with van der Waals surface area (Å²) in [7, 11) is 1.70. The first-order chi connectivity index (χ1) is 12.5. The Kier molecular flexibility index (Phi) is 3.62.